The summed E-state index contributed by atoms with van der Waals surface area (Å²) >= 11 is 8.89. The average molecular weight is 294 g/mol. The fourth-order valence-electron chi connectivity index (χ4n) is 1.08. The molecule has 2 rings (SSSR count). The Labute approximate surface area is 96.6 Å². The number of hydrogen-bond acceptors (Lipinski definition) is 3. The van der Waals surface area contributed by atoms with E-state index in [-0.39, 0.29) is 5.15 Å². The van der Waals surface area contributed by atoms with Crippen LogP contribution < -0.4 is 0 Å². The molecule has 0 N–H and O–H groups in total. The summed E-state index contributed by atoms with van der Waals surface area (Å²) in [5, 5.41) is 0.487. The molecule has 0 unspecified atom stereocenters. The number of rotatable bonds is 1. The van der Waals surface area contributed by atoms with Crippen molar-refractivity contribution in [1.82, 2.24) is 15.0 Å². The molecule has 0 amide bonds. The van der Waals surface area contributed by atoms with E-state index >= 15 is 0 Å². The van der Waals surface area contributed by atoms with Crippen molar-refractivity contribution >= 4 is 38.4 Å². The van der Waals surface area contributed by atoms with Crippen LogP contribution in [0.5, 0.6) is 0 Å². The van der Waals surface area contributed by atoms with E-state index in [1.165, 1.54) is 6.20 Å². The Balaban J connectivity index is 2.73. The van der Waals surface area contributed by atoms with Gasteiger partial charge in [0.2, 0.25) is 0 Å². The molecule has 0 bridgehead atoms. The summed E-state index contributed by atoms with van der Waals surface area (Å²) < 4.78 is 25.2. The zero-order valence-corrected chi connectivity index (χ0v) is 9.43. The Kier molecular flexibility index (Phi) is 2.79. The van der Waals surface area contributed by atoms with E-state index in [9.17, 15) is 8.78 Å². The number of halogens is 4. The Morgan fingerprint density at radius 1 is 1.33 bits per heavy atom. The lowest BCUT2D eigenvalue weighted by Gasteiger charge is -2.03. The molecule has 0 aromatic carbocycles. The van der Waals surface area contributed by atoms with Gasteiger partial charge in [-0.25, -0.2) is 23.7 Å². The molecule has 2 aromatic heterocycles. The van der Waals surface area contributed by atoms with Crippen LogP contribution in [0.3, 0.4) is 0 Å². The monoisotopic (exact) mass is 293 g/mol. The first-order chi connectivity index (χ1) is 7.08. The molecule has 2 heterocycles. The minimum Gasteiger partial charge on any atom is -0.247 e. The summed E-state index contributed by atoms with van der Waals surface area (Å²) in [6.45, 7) is 0. The highest BCUT2D eigenvalue weighted by Gasteiger charge is 2.14. The van der Waals surface area contributed by atoms with Crippen LogP contribution in [0.25, 0.3) is 10.9 Å². The lowest BCUT2D eigenvalue weighted by atomic mass is 10.3. The fourth-order valence-corrected chi connectivity index (χ4v) is 1.65. The molecule has 0 aliphatic carbocycles. The smallest absolute Gasteiger partial charge is 0.247 e. The molecule has 0 atom stereocenters. The van der Waals surface area contributed by atoms with Gasteiger partial charge in [-0.3, -0.25) is 0 Å². The van der Waals surface area contributed by atoms with Gasteiger partial charge in [0, 0.05) is 5.39 Å². The molecule has 78 valence electrons. The summed E-state index contributed by atoms with van der Waals surface area (Å²) in [6, 6.07) is 1.58. The van der Waals surface area contributed by atoms with Crippen LogP contribution in [-0.2, 0) is 0 Å². The van der Waals surface area contributed by atoms with Crippen LogP contribution in [0.1, 0.15) is 12.2 Å². The third-order valence-corrected chi connectivity index (χ3v) is 2.44. The van der Waals surface area contributed by atoms with E-state index < -0.39 is 12.2 Å². The van der Waals surface area contributed by atoms with Crippen LogP contribution in [0, 0.1) is 0 Å². The van der Waals surface area contributed by atoms with Crippen molar-refractivity contribution in [3.63, 3.8) is 0 Å². The maximum Gasteiger partial charge on any atom is 0.297 e. The number of aromatic nitrogens is 3. The van der Waals surface area contributed by atoms with Crippen LogP contribution in [0.2, 0.25) is 5.15 Å². The van der Waals surface area contributed by atoms with E-state index in [4.69, 9.17) is 11.6 Å². The van der Waals surface area contributed by atoms with Crippen molar-refractivity contribution in [3.05, 3.63) is 27.8 Å². The quantitative estimate of drug-likeness (QED) is 0.598. The van der Waals surface area contributed by atoms with Crippen molar-refractivity contribution in [2.45, 2.75) is 6.43 Å². The van der Waals surface area contributed by atoms with Gasteiger partial charge >= 0.3 is 0 Å². The number of pyridine rings is 1. The van der Waals surface area contributed by atoms with Crippen LogP contribution >= 0.6 is 27.5 Å². The van der Waals surface area contributed by atoms with Crippen molar-refractivity contribution in [2.75, 3.05) is 0 Å². The van der Waals surface area contributed by atoms with Crippen molar-refractivity contribution in [3.8, 4) is 0 Å². The molecule has 2 aromatic rings. The van der Waals surface area contributed by atoms with Crippen molar-refractivity contribution < 1.29 is 8.78 Å². The van der Waals surface area contributed by atoms with Gasteiger partial charge in [0.1, 0.15) is 9.76 Å². The third-order valence-electron chi connectivity index (χ3n) is 1.71. The number of hydrogen-bond donors (Lipinski definition) is 0. The molecule has 0 spiro atoms. The highest BCUT2D eigenvalue weighted by Crippen LogP contribution is 2.25. The van der Waals surface area contributed by atoms with Crippen molar-refractivity contribution in [2.24, 2.45) is 0 Å². The zero-order chi connectivity index (χ0) is 11.0. The zero-order valence-electron chi connectivity index (χ0n) is 7.09. The molecule has 3 nitrogen and oxygen atoms in total. The van der Waals surface area contributed by atoms with Crippen molar-refractivity contribution in [1.29, 1.82) is 0 Å². The molecule has 15 heavy (non-hydrogen) atoms. The predicted octanol–water partition coefficient (Wildman–Crippen LogP) is 3.38. The van der Waals surface area contributed by atoms with Gasteiger partial charge in [-0.05, 0) is 22.0 Å². The van der Waals surface area contributed by atoms with E-state index in [1.807, 2.05) is 0 Å². The molecule has 0 aliphatic rings. The standard InChI is InChI=1S/C8H3BrClF2N3/c9-5-1-3-4(2-13-5)14-8(7(11)12)15-6(3)10/h1-2,7H. The summed E-state index contributed by atoms with van der Waals surface area (Å²) in [7, 11) is 0. The predicted molar refractivity (Wildman–Crippen MR) is 55.0 cm³/mol. The van der Waals surface area contributed by atoms with E-state index in [1.54, 1.807) is 6.07 Å². The Bertz CT molecular complexity index is 520. The number of nitrogens with zero attached hydrogens (tertiary/aromatic N) is 3. The van der Waals surface area contributed by atoms with Gasteiger partial charge in [0.15, 0.2) is 5.82 Å². The first-order valence-corrected chi connectivity index (χ1v) is 5.02. The minimum atomic E-state index is -2.74. The summed E-state index contributed by atoms with van der Waals surface area (Å²) in [5.41, 5.74) is 0.300. The second kappa shape index (κ2) is 3.94. The van der Waals surface area contributed by atoms with E-state index in [0.29, 0.717) is 15.5 Å². The molecular weight excluding hydrogens is 291 g/mol. The normalized spacial score (nSPS) is 11.3. The van der Waals surface area contributed by atoms with Crippen LogP contribution in [-0.4, -0.2) is 15.0 Å². The van der Waals surface area contributed by atoms with Gasteiger partial charge in [-0.1, -0.05) is 11.6 Å². The number of alkyl halides is 2. The van der Waals surface area contributed by atoms with E-state index in [2.05, 4.69) is 30.9 Å². The molecular formula is C8H3BrClF2N3. The van der Waals surface area contributed by atoms with E-state index in [0.717, 1.165) is 0 Å². The maximum atomic E-state index is 12.3. The summed E-state index contributed by atoms with van der Waals surface area (Å²) in [5.74, 6) is -0.586. The van der Waals surface area contributed by atoms with Gasteiger partial charge in [-0.2, -0.15) is 0 Å². The Morgan fingerprint density at radius 3 is 2.73 bits per heavy atom. The first-order valence-electron chi connectivity index (χ1n) is 3.85. The topological polar surface area (TPSA) is 38.7 Å². The first kappa shape index (κ1) is 10.6. The molecule has 0 saturated carbocycles. The minimum absolute atomic E-state index is 0.00148. The lowest BCUT2D eigenvalue weighted by Crippen LogP contribution is -1.97. The second-order valence-electron chi connectivity index (χ2n) is 2.70. The summed E-state index contributed by atoms with van der Waals surface area (Å²) in [4.78, 5) is 11.0. The Hall–Kier alpha value is -0.880. The van der Waals surface area contributed by atoms with Gasteiger partial charge in [-0.15, -0.1) is 0 Å². The molecule has 7 heteroatoms. The van der Waals surface area contributed by atoms with Gasteiger partial charge in [0.25, 0.3) is 6.43 Å². The largest absolute Gasteiger partial charge is 0.297 e. The van der Waals surface area contributed by atoms with Crippen LogP contribution in [0.4, 0.5) is 8.78 Å². The van der Waals surface area contributed by atoms with Crippen LogP contribution in [0.15, 0.2) is 16.9 Å². The van der Waals surface area contributed by atoms with Gasteiger partial charge in [0.05, 0.1) is 11.7 Å². The Morgan fingerprint density at radius 2 is 2.07 bits per heavy atom. The summed E-state index contributed by atoms with van der Waals surface area (Å²) in [6.07, 6.45) is -1.38. The second-order valence-corrected chi connectivity index (χ2v) is 3.87. The molecule has 0 fully saturated rings. The average Bonchev–Trinajstić information content (AvgIpc) is 2.18. The maximum absolute atomic E-state index is 12.3. The molecule has 0 saturated heterocycles. The highest BCUT2D eigenvalue weighted by molar-refractivity contribution is 9.10. The third kappa shape index (κ3) is 2.05. The highest BCUT2D eigenvalue weighted by atomic mass is 79.9. The molecule has 0 radical (unpaired) electrons. The van der Waals surface area contributed by atoms with Gasteiger partial charge < -0.3 is 0 Å². The number of fused-ring (bicyclic) bond motifs is 1. The lowest BCUT2D eigenvalue weighted by molar-refractivity contribution is 0.141. The molecule has 0 aliphatic heterocycles. The fraction of sp³-hybridized carbons (Fsp3) is 0.125. The SMILES string of the molecule is FC(F)c1nc(Cl)c2cc(Br)ncc2n1.